The summed E-state index contributed by atoms with van der Waals surface area (Å²) in [5, 5.41) is 13.0. The molecule has 0 saturated heterocycles. The third-order valence-corrected chi connectivity index (χ3v) is 3.54. The molecule has 1 aromatic rings. The van der Waals surface area contributed by atoms with E-state index < -0.39 is 0 Å². The monoisotopic (exact) mass is 307 g/mol. The first-order valence-electron chi connectivity index (χ1n) is 8.31. The van der Waals surface area contributed by atoms with E-state index in [1.54, 1.807) is 12.1 Å². The second kappa shape index (κ2) is 9.62. The summed E-state index contributed by atoms with van der Waals surface area (Å²) < 4.78 is 0. The van der Waals surface area contributed by atoms with Gasteiger partial charge in [0.1, 0.15) is 5.75 Å². The second-order valence-electron chi connectivity index (χ2n) is 6.19. The highest BCUT2D eigenvalue weighted by Crippen LogP contribution is 2.22. The van der Waals surface area contributed by atoms with Crippen LogP contribution in [0.25, 0.3) is 0 Å². The number of carbonyl (C=O) groups excluding carboxylic acids is 1. The Kier molecular flexibility index (Phi) is 9.03. The van der Waals surface area contributed by atoms with Crippen molar-refractivity contribution in [1.82, 2.24) is 5.32 Å². The van der Waals surface area contributed by atoms with Crippen LogP contribution in [0.5, 0.6) is 5.75 Å². The van der Waals surface area contributed by atoms with E-state index in [0.717, 1.165) is 16.7 Å². The number of nitrogens with one attached hydrogen (secondary N) is 1. The van der Waals surface area contributed by atoms with Crippen LogP contribution in [0.15, 0.2) is 12.1 Å². The van der Waals surface area contributed by atoms with Crippen LogP contribution in [0.4, 0.5) is 0 Å². The number of hydrogen-bond donors (Lipinski definition) is 2. The molecular formula is C19H33NO2. The summed E-state index contributed by atoms with van der Waals surface area (Å²) in [7, 11) is 0. The first kappa shape index (κ1) is 20.6. The lowest BCUT2D eigenvalue weighted by Gasteiger charge is -2.23. The van der Waals surface area contributed by atoms with Crippen LogP contribution in [0.3, 0.4) is 0 Å². The first-order valence-corrected chi connectivity index (χ1v) is 8.31. The number of hydrogen-bond acceptors (Lipinski definition) is 3. The predicted molar refractivity (Wildman–Crippen MR) is 94.5 cm³/mol. The van der Waals surface area contributed by atoms with E-state index in [-0.39, 0.29) is 29.5 Å². The maximum atomic E-state index is 12.4. The molecule has 0 aliphatic rings. The molecule has 0 spiro atoms. The summed E-state index contributed by atoms with van der Waals surface area (Å²) in [5.74, 6) is 0.543. The van der Waals surface area contributed by atoms with Crippen LogP contribution >= 0.6 is 0 Å². The maximum absolute atomic E-state index is 12.4. The highest BCUT2D eigenvalue weighted by atomic mass is 16.3. The van der Waals surface area contributed by atoms with E-state index in [2.05, 4.69) is 19.2 Å². The molecule has 0 saturated carbocycles. The van der Waals surface area contributed by atoms with Crippen LogP contribution in [0, 0.1) is 19.8 Å². The lowest BCUT2D eigenvalue weighted by Crippen LogP contribution is -2.44. The van der Waals surface area contributed by atoms with Crippen molar-refractivity contribution in [3.05, 3.63) is 28.8 Å². The Bertz CT molecular complexity index is 455. The maximum Gasteiger partial charge on any atom is 0.152 e. The number of aromatic hydroxyl groups is 1. The number of phenols is 1. The topological polar surface area (TPSA) is 49.3 Å². The standard InChI is InChI=1S/C17H27NO2.C2H6/c1-10(2)17(20)16(18-11(3)4)9-15-12(5)7-14(19)8-13(15)6;1-2/h7-8,10-11,16,18-19H,9H2,1-6H3;1-2H3/t16-;/m1./s1. The zero-order chi connectivity index (χ0) is 17.4. The Morgan fingerprint density at radius 1 is 1.09 bits per heavy atom. The molecule has 3 heteroatoms. The zero-order valence-electron chi connectivity index (χ0n) is 15.4. The Labute approximate surface area is 136 Å². The van der Waals surface area contributed by atoms with Gasteiger partial charge >= 0.3 is 0 Å². The molecule has 0 bridgehead atoms. The van der Waals surface area contributed by atoms with Gasteiger partial charge in [0.25, 0.3) is 0 Å². The van der Waals surface area contributed by atoms with Gasteiger partial charge in [-0.05, 0) is 49.1 Å². The minimum absolute atomic E-state index is 0.0176. The number of Topliss-reactive ketones (excluding diaryl/α,β-unsaturated/α-hetero) is 1. The quantitative estimate of drug-likeness (QED) is 0.829. The number of ketones is 1. The summed E-state index contributed by atoms with van der Waals surface area (Å²) in [4.78, 5) is 12.4. The fraction of sp³-hybridized carbons (Fsp3) is 0.632. The van der Waals surface area contributed by atoms with Gasteiger partial charge in [0.15, 0.2) is 5.78 Å². The van der Waals surface area contributed by atoms with Gasteiger partial charge in [-0.15, -0.1) is 0 Å². The molecule has 22 heavy (non-hydrogen) atoms. The van der Waals surface area contributed by atoms with Crippen LogP contribution in [-0.2, 0) is 11.2 Å². The molecule has 0 fully saturated rings. The van der Waals surface area contributed by atoms with Crippen LogP contribution < -0.4 is 5.32 Å². The molecule has 3 nitrogen and oxygen atoms in total. The van der Waals surface area contributed by atoms with Crippen molar-refractivity contribution >= 4 is 5.78 Å². The summed E-state index contributed by atoms with van der Waals surface area (Å²) in [6.07, 6.45) is 0.674. The Morgan fingerprint density at radius 2 is 1.55 bits per heavy atom. The smallest absolute Gasteiger partial charge is 0.152 e. The summed E-state index contributed by atoms with van der Waals surface area (Å²) in [6, 6.07) is 3.61. The van der Waals surface area contributed by atoms with Crippen molar-refractivity contribution in [2.45, 2.75) is 73.9 Å². The van der Waals surface area contributed by atoms with Gasteiger partial charge in [-0.1, -0.05) is 41.5 Å². The van der Waals surface area contributed by atoms with Gasteiger partial charge in [-0.2, -0.15) is 0 Å². The predicted octanol–water partition coefficient (Wildman–Crippen LogP) is 4.17. The van der Waals surface area contributed by atoms with E-state index in [1.165, 1.54) is 0 Å². The molecule has 1 aromatic carbocycles. The Balaban J connectivity index is 0.00000211. The minimum atomic E-state index is -0.169. The lowest BCUT2D eigenvalue weighted by molar-refractivity contribution is -0.124. The highest BCUT2D eigenvalue weighted by molar-refractivity contribution is 5.86. The molecule has 0 aliphatic heterocycles. The highest BCUT2D eigenvalue weighted by Gasteiger charge is 2.23. The van der Waals surface area contributed by atoms with Crippen molar-refractivity contribution in [1.29, 1.82) is 0 Å². The number of aryl methyl sites for hydroxylation is 2. The van der Waals surface area contributed by atoms with E-state index in [0.29, 0.717) is 6.42 Å². The zero-order valence-corrected chi connectivity index (χ0v) is 15.4. The molecule has 0 radical (unpaired) electrons. The van der Waals surface area contributed by atoms with E-state index in [4.69, 9.17) is 0 Å². The van der Waals surface area contributed by atoms with Crippen molar-refractivity contribution < 1.29 is 9.90 Å². The average molecular weight is 307 g/mol. The fourth-order valence-corrected chi connectivity index (χ4v) is 2.54. The normalized spacial score (nSPS) is 12.1. The van der Waals surface area contributed by atoms with Gasteiger partial charge in [-0.3, -0.25) is 4.79 Å². The van der Waals surface area contributed by atoms with Crippen molar-refractivity contribution in [2.24, 2.45) is 5.92 Å². The third kappa shape index (κ3) is 6.18. The van der Waals surface area contributed by atoms with Gasteiger partial charge in [0.2, 0.25) is 0 Å². The minimum Gasteiger partial charge on any atom is -0.508 e. The van der Waals surface area contributed by atoms with Gasteiger partial charge < -0.3 is 10.4 Å². The summed E-state index contributed by atoms with van der Waals surface area (Å²) in [6.45, 7) is 15.9. The molecule has 1 rings (SSSR count). The fourth-order valence-electron chi connectivity index (χ4n) is 2.54. The molecular weight excluding hydrogens is 274 g/mol. The largest absolute Gasteiger partial charge is 0.508 e. The van der Waals surface area contributed by atoms with Crippen molar-refractivity contribution in [3.8, 4) is 5.75 Å². The molecule has 2 N–H and O–H groups in total. The van der Waals surface area contributed by atoms with Gasteiger partial charge in [0, 0.05) is 12.0 Å². The van der Waals surface area contributed by atoms with Gasteiger partial charge in [0.05, 0.1) is 6.04 Å². The van der Waals surface area contributed by atoms with Crippen LogP contribution in [-0.4, -0.2) is 23.0 Å². The Hall–Kier alpha value is -1.35. The van der Waals surface area contributed by atoms with E-state index in [9.17, 15) is 9.90 Å². The molecule has 126 valence electrons. The first-order chi connectivity index (χ1) is 10.2. The SMILES string of the molecule is CC.Cc1cc(O)cc(C)c1C[C@@H](NC(C)C)C(=O)C(C)C. The molecule has 0 aliphatic carbocycles. The number of carbonyl (C=O) groups is 1. The lowest BCUT2D eigenvalue weighted by atomic mass is 9.91. The molecule has 1 atom stereocenters. The third-order valence-electron chi connectivity index (χ3n) is 3.54. The van der Waals surface area contributed by atoms with Crippen LogP contribution in [0.2, 0.25) is 0 Å². The Morgan fingerprint density at radius 3 is 1.91 bits per heavy atom. The van der Waals surface area contributed by atoms with Crippen LogP contribution in [0.1, 0.15) is 58.2 Å². The van der Waals surface area contributed by atoms with E-state index >= 15 is 0 Å². The summed E-state index contributed by atoms with van der Waals surface area (Å²) >= 11 is 0. The molecule has 0 amide bonds. The molecule has 0 aromatic heterocycles. The van der Waals surface area contributed by atoms with Gasteiger partial charge in [-0.25, -0.2) is 0 Å². The average Bonchev–Trinajstić information content (AvgIpc) is 2.42. The number of benzene rings is 1. The van der Waals surface area contributed by atoms with Crippen molar-refractivity contribution in [2.75, 3.05) is 0 Å². The van der Waals surface area contributed by atoms with Crippen molar-refractivity contribution in [3.63, 3.8) is 0 Å². The van der Waals surface area contributed by atoms with E-state index in [1.807, 2.05) is 41.5 Å². The number of phenolic OH excluding ortho intramolecular Hbond substituents is 1. The molecule has 0 unspecified atom stereocenters. The second-order valence-corrected chi connectivity index (χ2v) is 6.19. The molecule has 0 heterocycles. The summed E-state index contributed by atoms with van der Waals surface area (Å²) in [5.41, 5.74) is 3.22. The number of rotatable bonds is 6.